The van der Waals surface area contributed by atoms with E-state index < -0.39 is 6.10 Å². The van der Waals surface area contributed by atoms with Gasteiger partial charge in [-0.3, -0.25) is 9.78 Å². The van der Waals surface area contributed by atoms with Crippen LogP contribution in [-0.2, 0) is 17.6 Å². The Hall–Kier alpha value is -3.18. The average Bonchev–Trinajstić information content (AvgIpc) is 3.11. The number of pyridine rings is 1. The lowest BCUT2D eigenvalue weighted by atomic mass is 9.75. The van der Waals surface area contributed by atoms with Crippen molar-refractivity contribution in [3.8, 4) is 0 Å². The Balaban J connectivity index is 1.68. The van der Waals surface area contributed by atoms with Gasteiger partial charge in [0.15, 0.2) is 0 Å². The molecule has 2 aromatic heterocycles. The summed E-state index contributed by atoms with van der Waals surface area (Å²) in [7, 11) is 0. The van der Waals surface area contributed by atoms with Crippen molar-refractivity contribution in [3.63, 3.8) is 0 Å². The van der Waals surface area contributed by atoms with Gasteiger partial charge in [-0.05, 0) is 54.0 Å². The fourth-order valence-corrected chi connectivity index (χ4v) is 4.79. The number of para-hydroxylation sites is 1. The second-order valence-corrected chi connectivity index (χ2v) is 9.39. The first-order chi connectivity index (χ1) is 14.8. The molecule has 0 saturated carbocycles. The van der Waals surface area contributed by atoms with Crippen LogP contribution in [0.4, 0.5) is 5.69 Å². The van der Waals surface area contributed by atoms with Crippen molar-refractivity contribution >= 4 is 33.4 Å². The fourth-order valence-electron chi connectivity index (χ4n) is 4.79. The van der Waals surface area contributed by atoms with Gasteiger partial charge in [0.25, 0.3) is 0 Å². The predicted octanol–water partition coefficient (Wildman–Crippen LogP) is 5.27. The molecule has 0 spiro atoms. The first-order valence-corrected chi connectivity index (χ1v) is 10.8. The van der Waals surface area contributed by atoms with Gasteiger partial charge in [0.1, 0.15) is 6.10 Å². The summed E-state index contributed by atoms with van der Waals surface area (Å²) in [5, 5.41) is 16.5. The highest BCUT2D eigenvalue weighted by atomic mass is 16.3. The van der Waals surface area contributed by atoms with Crippen LogP contribution in [0.2, 0.25) is 0 Å². The number of aryl methyl sites for hydroxylation is 1. The molecule has 2 aromatic carbocycles. The first kappa shape index (κ1) is 19.8. The number of nitrogens with zero attached hydrogens (tertiary/aromatic N) is 1. The molecule has 5 heteroatoms. The van der Waals surface area contributed by atoms with E-state index in [-0.39, 0.29) is 11.3 Å². The smallest absolute Gasteiger partial charge is 0.221 e. The molecule has 0 fully saturated rings. The Bertz CT molecular complexity index is 1300. The summed E-state index contributed by atoms with van der Waals surface area (Å²) in [4.78, 5) is 19.9. The van der Waals surface area contributed by atoms with Crippen molar-refractivity contribution in [1.29, 1.82) is 0 Å². The zero-order valence-corrected chi connectivity index (χ0v) is 18.1. The summed E-state index contributed by atoms with van der Waals surface area (Å²) < 4.78 is 0. The number of aromatic nitrogens is 2. The van der Waals surface area contributed by atoms with Crippen molar-refractivity contribution in [2.45, 2.75) is 46.1 Å². The Labute approximate surface area is 181 Å². The summed E-state index contributed by atoms with van der Waals surface area (Å²) >= 11 is 0. The molecule has 0 bridgehead atoms. The number of amides is 1. The molecule has 1 unspecified atom stereocenters. The molecule has 1 atom stereocenters. The molecule has 0 radical (unpaired) electrons. The largest absolute Gasteiger partial charge is 0.382 e. The Morgan fingerprint density at radius 2 is 1.90 bits per heavy atom. The Morgan fingerprint density at radius 3 is 2.65 bits per heavy atom. The number of benzene rings is 2. The van der Waals surface area contributed by atoms with E-state index in [9.17, 15) is 9.90 Å². The molecule has 1 aliphatic carbocycles. The molecule has 0 aliphatic heterocycles. The van der Waals surface area contributed by atoms with Crippen LogP contribution in [0.3, 0.4) is 0 Å². The molecule has 4 aromatic rings. The van der Waals surface area contributed by atoms with Gasteiger partial charge in [0.05, 0.1) is 11.2 Å². The topological polar surface area (TPSA) is 78.0 Å². The number of hydrogen-bond acceptors (Lipinski definition) is 3. The minimum absolute atomic E-state index is 0.118. The van der Waals surface area contributed by atoms with Crippen LogP contribution in [-0.4, -0.2) is 21.0 Å². The van der Waals surface area contributed by atoms with Crippen LogP contribution < -0.4 is 5.32 Å². The molecule has 158 valence electrons. The van der Waals surface area contributed by atoms with Crippen LogP contribution in [0.15, 0.2) is 48.5 Å². The van der Waals surface area contributed by atoms with Gasteiger partial charge in [-0.15, -0.1) is 0 Å². The third-order valence-corrected chi connectivity index (χ3v) is 6.37. The monoisotopic (exact) mass is 413 g/mol. The minimum atomic E-state index is -0.864. The van der Waals surface area contributed by atoms with Crippen LogP contribution >= 0.6 is 0 Å². The third kappa shape index (κ3) is 3.49. The molecular formula is C26H27N3O2. The molecule has 3 N–H and O–H groups in total. The van der Waals surface area contributed by atoms with E-state index in [1.807, 2.05) is 30.3 Å². The van der Waals surface area contributed by atoms with Gasteiger partial charge < -0.3 is 15.4 Å². The standard InChI is InChI=1S/C26H27N3O2/c1-15(30)27-17-10-8-16(9-11-17)25(31)24-23-22(18-6-4-5-7-20(18)28-23)19-12-13-26(2,3)14-21(19)29-24/h4-11,25,28,31H,12-14H2,1-3H3,(H,27,30). The Kier molecular flexibility index (Phi) is 4.59. The van der Waals surface area contributed by atoms with Crippen LogP contribution in [0.5, 0.6) is 0 Å². The highest BCUT2D eigenvalue weighted by molar-refractivity contribution is 6.10. The van der Waals surface area contributed by atoms with E-state index in [0.717, 1.165) is 41.6 Å². The van der Waals surface area contributed by atoms with E-state index in [4.69, 9.17) is 4.98 Å². The van der Waals surface area contributed by atoms with Crippen molar-refractivity contribution < 1.29 is 9.90 Å². The van der Waals surface area contributed by atoms with Crippen molar-refractivity contribution in [2.75, 3.05) is 5.32 Å². The van der Waals surface area contributed by atoms with Crippen molar-refractivity contribution in [1.82, 2.24) is 9.97 Å². The zero-order chi connectivity index (χ0) is 21.8. The summed E-state index contributed by atoms with van der Waals surface area (Å²) in [6.07, 6.45) is 2.16. The van der Waals surface area contributed by atoms with Crippen molar-refractivity contribution in [3.05, 3.63) is 71.0 Å². The van der Waals surface area contributed by atoms with E-state index in [2.05, 4.69) is 42.3 Å². The first-order valence-electron chi connectivity index (χ1n) is 10.8. The maximum atomic E-state index is 11.3. The van der Waals surface area contributed by atoms with Crippen LogP contribution in [0.1, 0.15) is 55.8 Å². The fraction of sp³-hybridized carbons (Fsp3) is 0.308. The highest BCUT2D eigenvalue weighted by Gasteiger charge is 2.31. The molecule has 5 rings (SSSR count). The lowest BCUT2D eigenvalue weighted by molar-refractivity contribution is -0.114. The number of fused-ring (bicyclic) bond motifs is 5. The summed E-state index contributed by atoms with van der Waals surface area (Å²) in [5.74, 6) is -0.118. The Morgan fingerprint density at radius 1 is 1.16 bits per heavy atom. The lowest BCUT2D eigenvalue weighted by Gasteiger charge is -2.31. The summed E-state index contributed by atoms with van der Waals surface area (Å²) in [6.45, 7) is 6.05. The number of aromatic amines is 1. The number of hydrogen-bond donors (Lipinski definition) is 3. The van der Waals surface area contributed by atoms with E-state index in [0.29, 0.717) is 11.4 Å². The van der Waals surface area contributed by atoms with Crippen LogP contribution in [0, 0.1) is 5.41 Å². The average molecular weight is 414 g/mol. The maximum absolute atomic E-state index is 11.3. The van der Waals surface area contributed by atoms with Gasteiger partial charge in [0, 0.05) is 34.6 Å². The molecule has 1 aliphatic rings. The van der Waals surface area contributed by atoms with Gasteiger partial charge in [-0.1, -0.05) is 44.2 Å². The lowest BCUT2D eigenvalue weighted by Crippen LogP contribution is -2.24. The molecule has 1 amide bonds. The number of aliphatic hydroxyl groups is 1. The van der Waals surface area contributed by atoms with Gasteiger partial charge in [-0.2, -0.15) is 0 Å². The third-order valence-electron chi connectivity index (χ3n) is 6.37. The molecule has 5 nitrogen and oxygen atoms in total. The predicted molar refractivity (Wildman–Crippen MR) is 124 cm³/mol. The van der Waals surface area contributed by atoms with E-state index in [1.165, 1.54) is 23.3 Å². The van der Waals surface area contributed by atoms with Crippen LogP contribution in [0.25, 0.3) is 21.8 Å². The number of nitrogens with one attached hydrogen (secondary N) is 2. The number of carbonyl (C=O) groups excluding carboxylic acids is 1. The normalized spacial score (nSPS) is 16.3. The molecular weight excluding hydrogens is 386 g/mol. The minimum Gasteiger partial charge on any atom is -0.382 e. The van der Waals surface area contributed by atoms with Gasteiger partial charge in [0.2, 0.25) is 5.91 Å². The summed E-state index contributed by atoms with van der Waals surface area (Å²) in [5.41, 5.74) is 6.69. The van der Waals surface area contributed by atoms with Gasteiger partial charge in [-0.25, -0.2) is 0 Å². The van der Waals surface area contributed by atoms with Gasteiger partial charge >= 0.3 is 0 Å². The van der Waals surface area contributed by atoms with Crippen molar-refractivity contribution in [2.24, 2.45) is 5.41 Å². The SMILES string of the molecule is CC(=O)Nc1ccc(C(O)c2nc3c(c4c2[nH]c2ccccc24)CCC(C)(C)C3)cc1. The summed E-state index contributed by atoms with van der Waals surface area (Å²) in [6, 6.07) is 15.6. The molecule has 0 saturated heterocycles. The maximum Gasteiger partial charge on any atom is 0.221 e. The number of anilines is 1. The second kappa shape index (κ2) is 7.20. The second-order valence-electron chi connectivity index (χ2n) is 9.39. The number of rotatable bonds is 3. The highest BCUT2D eigenvalue weighted by Crippen LogP contribution is 2.41. The van der Waals surface area contributed by atoms with E-state index >= 15 is 0 Å². The molecule has 31 heavy (non-hydrogen) atoms. The zero-order valence-electron chi connectivity index (χ0n) is 18.1. The molecule has 2 heterocycles. The quantitative estimate of drug-likeness (QED) is 0.428. The van der Waals surface area contributed by atoms with E-state index in [1.54, 1.807) is 0 Å². The number of carbonyl (C=O) groups is 1. The number of aliphatic hydroxyl groups excluding tert-OH is 1. The number of H-pyrrole nitrogens is 1.